The van der Waals surface area contributed by atoms with Crippen LogP contribution in [0.4, 0.5) is 13.2 Å². The van der Waals surface area contributed by atoms with Crippen LogP contribution >= 0.6 is 15.9 Å². The molecule has 1 unspecified atom stereocenters. The monoisotopic (exact) mass is 365 g/mol. The van der Waals surface area contributed by atoms with Gasteiger partial charge in [-0.2, -0.15) is 13.2 Å². The predicted molar refractivity (Wildman–Crippen MR) is 68.8 cm³/mol. The number of carbonyl (C=O) groups excluding carboxylic acids is 1. The Morgan fingerprint density at radius 2 is 2.14 bits per heavy atom. The second-order valence-corrected chi connectivity index (χ2v) is 5.10. The Morgan fingerprint density at radius 3 is 2.67 bits per heavy atom. The summed E-state index contributed by atoms with van der Waals surface area (Å²) in [4.78, 5) is 10.9. The summed E-state index contributed by atoms with van der Waals surface area (Å²) in [7, 11) is 0. The molecule has 1 atom stereocenters. The van der Waals surface area contributed by atoms with Crippen molar-refractivity contribution in [2.24, 2.45) is 0 Å². The number of fused-ring (bicyclic) bond motifs is 1. The summed E-state index contributed by atoms with van der Waals surface area (Å²) in [6.07, 6.45) is -6.57. The highest BCUT2D eigenvalue weighted by Crippen LogP contribution is 2.43. The Bertz CT molecular complexity index is 610. The summed E-state index contributed by atoms with van der Waals surface area (Å²) in [6, 6.07) is 2.89. The Kier molecular flexibility index (Phi) is 4.18. The van der Waals surface area contributed by atoms with E-state index in [0.29, 0.717) is 4.47 Å². The Hall–Kier alpha value is -1.70. The van der Waals surface area contributed by atoms with Crippen LogP contribution in [0.15, 0.2) is 22.2 Å². The zero-order chi connectivity index (χ0) is 15.8. The van der Waals surface area contributed by atoms with Crippen molar-refractivity contribution in [3.8, 4) is 11.5 Å². The number of alkyl halides is 3. The van der Waals surface area contributed by atoms with Gasteiger partial charge in [0.05, 0.1) is 12.6 Å². The minimum atomic E-state index is -4.87. The number of carbonyl (C=O) groups is 1. The lowest BCUT2D eigenvalue weighted by atomic mass is 10.0. The van der Waals surface area contributed by atoms with Gasteiger partial charge in [0.15, 0.2) is 11.5 Å². The highest BCUT2D eigenvalue weighted by Gasteiger charge is 2.47. The Labute approximate surface area is 126 Å². The summed E-state index contributed by atoms with van der Waals surface area (Å²) in [6.45, 7) is 1.89. The van der Waals surface area contributed by atoms with Crippen molar-refractivity contribution < 1.29 is 32.5 Å². The molecule has 1 aromatic carbocycles. The molecule has 0 aromatic heterocycles. The molecule has 0 aliphatic carbocycles. The number of carboxylic acids is 1. The smallest absolute Gasteiger partial charge is 0.429 e. The van der Waals surface area contributed by atoms with Gasteiger partial charge in [0.1, 0.15) is 0 Å². The van der Waals surface area contributed by atoms with Gasteiger partial charge in [-0.25, -0.2) is 0 Å². The average molecular weight is 366 g/mol. The van der Waals surface area contributed by atoms with Crippen LogP contribution in [0.2, 0.25) is 0 Å². The Morgan fingerprint density at radius 1 is 1.48 bits per heavy atom. The van der Waals surface area contributed by atoms with Crippen molar-refractivity contribution in [1.82, 2.24) is 0 Å². The minimum absolute atomic E-state index is 0.102. The van der Waals surface area contributed by atoms with Crippen molar-refractivity contribution in [3.05, 3.63) is 27.7 Å². The lowest BCUT2D eigenvalue weighted by molar-refractivity contribution is -0.302. The number of halogens is 4. The van der Waals surface area contributed by atoms with Crippen molar-refractivity contribution in [1.29, 1.82) is 0 Å². The van der Waals surface area contributed by atoms with Crippen LogP contribution < -0.4 is 14.6 Å². The lowest BCUT2D eigenvalue weighted by Gasteiger charge is -2.30. The van der Waals surface area contributed by atoms with E-state index in [1.165, 1.54) is 12.1 Å². The standard InChI is InChI=1S/C13H10BrF3O4/c1-2-20-9-5-7(14)3-6-4-8(12(18)19)11(13(15,16)17)21-10(6)9/h3-5,11H,2H2,1H3,(H,18,19)/p-1. The lowest BCUT2D eigenvalue weighted by Crippen LogP contribution is -2.44. The second kappa shape index (κ2) is 5.59. The van der Waals surface area contributed by atoms with E-state index < -0.39 is 23.8 Å². The summed E-state index contributed by atoms with van der Waals surface area (Å²) >= 11 is 3.17. The van der Waals surface area contributed by atoms with Gasteiger partial charge in [0.2, 0.25) is 6.10 Å². The number of hydrogen-bond acceptors (Lipinski definition) is 4. The second-order valence-electron chi connectivity index (χ2n) is 4.18. The minimum Gasteiger partial charge on any atom is -0.545 e. The van der Waals surface area contributed by atoms with E-state index >= 15 is 0 Å². The maximum absolute atomic E-state index is 12.9. The molecule has 1 aliphatic heterocycles. The van der Waals surface area contributed by atoms with Crippen LogP contribution in [0.25, 0.3) is 6.08 Å². The number of rotatable bonds is 3. The number of hydrogen-bond donors (Lipinski definition) is 0. The molecule has 2 rings (SSSR count). The molecular weight excluding hydrogens is 357 g/mol. The van der Waals surface area contributed by atoms with Gasteiger partial charge in [-0.05, 0) is 25.1 Å². The summed E-state index contributed by atoms with van der Waals surface area (Å²) in [5.74, 6) is -1.97. The largest absolute Gasteiger partial charge is 0.545 e. The molecule has 0 radical (unpaired) electrons. The molecule has 0 amide bonds. The van der Waals surface area contributed by atoms with Crippen LogP contribution in [0.5, 0.6) is 11.5 Å². The number of ether oxygens (including phenoxy) is 2. The van der Waals surface area contributed by atoms with E-state index in [-0.39, 0.29) is 23.7 Å². The molecule has 0 saturated carbocycles. The van der Waals surface area contributed by atoms with E-state index in [2.05, 4.69) is 15.9 Å². The molecule has 1 aliphatic rings. The van der Waals surface area contributed by atoms with Gasteiger partial charge in [-0.15, -0.1) is 0 Å². The van der Waals surface area contributed by atoms with Gasteiger partial charge in [0, 0.05) is 15.6 Å². The molecule has 1 heterocycles. The van der Waals surface area contributed by atoms with Gasteiger partial charge in [-0.3, -0.25) is 0 Å². The van der Waals surface area contributed by atoms with E-state index in [1.54, 1.807) is 6.92 Å². The Balaban J connectivity index is 2.60. The van der Waals surface area contributed by atoms with Gasteiger partial charge in [0.25, 0.3) is 0 Å². The highest BCUT2D eigenvalue weighted by atomic mass is 79.9. The highest BCUT2D eigenvalue weighted by molar-refractivity contribution is 9.10. The van der Waals surface area contributed by atoms with Gasteiger partial charge >= 0.3 is 6.18 Å². The quantitative estimate of drug-likeness (QED) is 0.824. The van der Waals surface area contributed by atoms with Crippen molar-refractivity contribution in [3.63, 3.8) is 0 Å². The van der Waals surface area contributed by atoms with Crippen molar-refractivity contribution >= 4 is 28.0 Å². The summed E-state index contributed by atoms with van der Waals surface area (Å²) in [5, 5.41) is 10.9. The zero-order valence-electron chi connectivity index (χ0n) is 10.7. The first kappa shape index (κ1) is 15.7. The van der Waals surface area contributed by atoms with Crippen molar-refractivity contribution in [2.45, 2.75) is 19.2 Å². The van der Waals surface area contributed by atoms with Crippen LogP contribution in [-0.4, -0.2) is 24.9 Å². The molecular formula is C13H9BrF3O4-. The number of aliphatic carboxylic acids is 1. The van der Waals surface area contributed by atoms with Crippen LogP contribution in [0, 0.1) is 0 Å². The third kappa shape index (κ3) is 3.15. The molecule has 21 heavy (non-hydrogen) atoms. The fraction of sp³-hybridized carbons (Fsp3) is 0.308. The van der Waals surface area contributed by atoms with E-state index in [4.69, 9.17) is 9.47 Å². The predicted octanol–water partition coefficient (Wildman–Crippen LogP) is 2.30. The van der Waals surface area contributed by atoms with Gasteiger partial charge < -0.3 is 19.4 Å². The third-order valence-electron chi connectivity index (χ3n) is 2.71. The first-order valence-corrected chi connectivity index (χ1v) is 6.66. The first-order valence-electron chi connectivity index (χ1n) is 5.86. The molecule has 0 N–H and O–H groups in total. The SMILES string of the molecule is CCOc1cc(Br)cc2c1OC(C(F)(F)F)C(C(=O)[O-])=C2. The van der Waals surface area contributed by atoms with Crippen molar-refractivity contribution in [2.75, 3.05) is 6.61 Å². The van der Waals surface area contributed by atoms with E-state index in [9.17, 15) is 23.1 Å². The van der Waals surface area contributed by atoms with Crippen LogP contribution in [0.1, 0.15) is 12.5 Å². The van der Waals surface area contributed by atoms with Crippen LogP contribution in [0.3, 0.4) is 0 Å². The molecule has 0 saturated heterocycles. The molecule has 4 nitrogen and oxygen atoms in total. The molecule has 1 aromatic rings. The van der Waals surface area contributed by atoms with E-state index in [0.717, 1.165) is 6.08 Å². The molecule has 8 heteroatoms. The molecule has 0 bridgehead atoms. The van der Waals surface area contributed by atoms with Crippen LogP contribution in [-0.2, 0) is 4.79 Å². The fourth-order valence-electron chi connectivity index (χ4n) is 1.92. The zero-order valence-corrected chi connectivity index (χ0v) is 12.2. The molecule has 0 fully saturated rings. The number of benzene rings is 1. The fourth-order valence-corrected chi connectivity index (χ4v) is 2.37. The maximum atomic E-state index is 12.9. The maximum Gasteiger partial charge on any atom is 0.429 e. The summed E-state index contributed by atoms with van der Waals surface area (Å²) < 4.78 is 49.4. The van der Waals surface area contributed by atoms with Gasteiger partial charge in [-0.1, -0.05) is 15.9 Å². The topological polar surface area (TPSA) is 58.6 Å². The molecule has 0 spiro atoms. The first-order chi connectivity index (χ1) is 9.74. The summed E-state index contributed by atoms with van der Waals surface area (Å²) in [5.41, 5.74) is -0.803. The molecule has 114 valence electrons. The normalized spacial score (nSPS) is 17.6. The third-order valence-corrected chi connectivity index (χ3v) is 3.17. The van der Waals surface area contributed by atoms with E-state index in [1.807, 2.05) is 0 Å². The number of carboxylic acid groups (broad SMARTS) is 1. The average Bonchev–Trinajstić information content (AvgIpc) is 2.36.